The van der Waals surface area contributed by atoms with Gasteiger partial charge in [-0.05, 0) is 44.5 Å². The monoisotopic (exact) mass is 351 g/mol. The van der Waals surface area contributed by atoms with Gasteiger partial charge in [0, 0.05) is 37.3 Å². The summed E-state index contributed by atoms with van der Waals surface area (Å²) in [4.78, 5) is 14.2. The van der Waals surface area contributed by atoms with Gasteiger partial charge in [0.2, 0.25) is 5.95 Å². The molecule has 0 saturated carbocycles. The van der Waals surface area contributed by atoms with Gasteiger partial charge in [0.05, 0.1) is 6.04 Å². The zero-order valence-corrected chi connectivity index (χ0v) is 16.1. The summed E-state index contributed by atoms with van der Waals surface area (Å²) in [5.74, 6) is 2.46. The number of piperidine rings is 1. The molecule has 1 N–H and O–H groups in total. The Morgan fingerprint density at radius 1 is 1.15 bits per heavy atom. The van der Waals surface area contributed by atoms with Gasteiger partial charge in [-0.1, -0.05) is 31.2 Å². The van der Waals surface area contributed by atoms with E-state index in [1.54, 1.807) is 5.56 Å². The maximum atomic E-state index is 4.88. The Bertz CT molecular complexity index is 773. The smallest absolute Gasteiger partial charge is 0.224 e. The van der Waals surface area contributed by atoms with Crippen molar-refractivity contribution < 1.29 is 0 Å². The molecule has 1 saturated heterocycles. The molecule has 2 atom stereocenters. The predicted octanol–water partition coefficient (Wildman–Crippen LogP) is 3.45. The first kappa shape index (κ1) is 17.3. The Kier molecular flexibility index (Phi) is 4.81. The van der Waals surface area contributed by atoms with Crippen LogP contribution >= 0.6 is 0 Å². The number of nitrogens with one attached hydrogen (secondary N) is 1. The number of fused-ring (bicyclic) bond motifs is 2. The largest absolute Gasteiger partial charge is 0.353 e. The second kappa shape index (κ2) is 7.23. The molecule has 138 valence electrons. The van der Waals surface area contributed by atoms with Gasteiger partial charge < -0.3 is 15.1 Å². The Morgan fingerprint density at radius 3 is 2.73 bits per heavy atom. The van der Waals surface area contributed by atoms with Crippen molar-refractivity contribution in [2.24, 2.45) is 0 Å². The van der Waals surface area contributed by atoms with E-state index in [1.807, 2.05) is 0 Å². The normalized spacial score (nSPS) is 21.2. The molecule has 1 fully saturated rings. The Balaban J connectivity index is 1.61. The molecular weight excluding hydrogens is 322 g/mol. The fraction of sp³-hybridized carbons (Fsp3) is 0.524. The second-order valence-corrected chi connectivity index (χ2v) is 7.70. The van der Waals surface area contributed by atoms with Crippen molar-refractivity contribution in [3.8, 4) is 0 Å². The molecular formula is C21H29N5. The van der Waals surface area contributed by atoms with Gasteiger partial charge in [-0.25, -0.2) is 4.98 Å². The molecule has 0 radical (unpaired) electrons. The lowest BCUT2D eigenvalue weighted by Crippen LogP contribution is -2.43. The van der Waals surface area contributed by atoms with Crippen LogP contribution in [0.3, 0.4) is 0 Å². The third-order valence-corrected chi connectivity index (χ3v) is 5.64. The molecule has 3 aliphatic rings. The van der Waals surface area contributed by atoms with E-state index in [0.29, 0.717) is 12.0 Å². The lowest BCUT2D eigenvalue weighted by atomic mass is 9.75. The zero-order valence-electron chi connectivity index (χ0n) is 16.1. The van der Waals surface area contributed by atoms with Crippen molar-refractivity contribution in [2.75, 3.05) is 43.9 Å². The average Bonchev–Trinajstić information content (AvgIpc) is 2.68. The third-order valence-electron chi connectivity index (χ3n) is 5.64. The molecule has 3 heterocycles. The van der Waals surface area contributed by atoms with E-state index >= 15 is 0 Å². The van der Waals surface area contributed by atoms with Crippen molar-refractivity contribution in [3.05, 3.63) is 47.2 Å². The van der Waals surface area contributed by atoms with Crippen LogP contribution in [-0.4, -0.2) is 48.6 Å². The van der Waals surface area contributed by atoms with Gasteiger partial charge in [-0.15, -0.1) is 0 Å². The van der Waals surface area contributed by atoms with E-state index < -0.39 is 0 Å². The summed E-state index contributed by atoms with van der Waals surface area (Å²) in [5.41, 5.74) is 4.15. The van der Waals surface area contributed by atoms with Crippen LogP contribution in [0.5, 0.6) is 0 Å². The highest BCUT2D eigenvalue weighted by Crippen LogP contribution is 2.47. The SMILES string of the molecule is CCc1cc(N2C[C@H]3CC[C@H]2c2ccccc23)nc(NCCN(C)C)n1. The minimum atomic E-state index is 0.449. The summed E-state index contributed by atoms with van der Waals surface area (Å²) in [7, 11) is 4.16. The molecule has 0 unspecified atom stereocenters. The Morgan fingerprint density at radius 2 is 1.96 bits per heavy atom. The second-order valence-electron chi connectivity index (χ2n) is 7.70. The summed E-state index contributed by atoms with van der Waals surface area (Å²) in [5, 5.41) is 3.40. The van der Waals surface area contributed by atoms with Crippen LogP contribution in [0, 0.1) is 0 Å². The fourth-order valence-corrected chi connectivity index (χ4v) is 4.27. The number of aromatic nitrogens is 2. The molecule has 0 amide bonds. The van der Waals surface area contributed by atoms with E-state index in [9.17, 15) is 0 Å². The zero-order chi connectivity index (χ0) is 18.1. The molecule has 5 rings (SSSR count). The molecule has 2 aromatic rings. The lowest BCUT2D eigenvalue weighted by molar-refractivity contribution is 0.387. The number of hydrogen-bond donors (Lipinski definition) is 1. The quantitative estimate of drug-likeness (QED) is 0.863. The van der Waals surface area contributed by atoms with E-state index in [2.05, 4.69) is 71.5 Å². The van der Waals surface area contributed by atoms with Crippen LogP contribution in [0.1, 0.15) is 48.5 Å². The summed E-state index contributed by atoms with van der Waals surface area (Å²) in [6, 6.07) is 11.6. The first-order chi connectivity index (χ1) is 12.7. The van der Waals surface area contributed by atoms with Crippen molar-refractivity contribution in [1.29, 1.82) is 0 Å². The topological polar surface area (TPSA) is 44.3 Å². The molecule has 2 bridgehead atoms. The van der Waals surface area contributed by atoms with E-state index in [4.69, 9.17) is 4.98 Å². The van der Waals surface area contributed by atoms with Gasteiger partial charge in [0.1, 0.15) is 5.82 Å². The number of aryl methyl sites for hydroxylation is 1. The van der Waals surface area contributed by atoms with Crippen LogP contribution in [0.2, 0.25) is 0 Å². The van der Waals surface area contributed by atoms with Gasteiger partial charge in [0.25, 0.3) is 0 Å². The summed E-state index contributed by atoms with van der Waals surface area (Å²) < 4.78 is 0. The van der Waals surface area contributed by atoms with Crippen LogP contribution < -0.4 is 10.2 Å². The number of hydrogen-bond acceptors (Lipinski definition) is 5. The molecule has 2 aliphatic heterocycles. The Hall–Kier alpha value is -2.14. The first-order valence-electron chi connectivity index (χ1n) is 9.77. The predicted molar refractivity (Wildman–Crippen MR) is 107 cm³/mol. The molecule has 26 heavy (non-hydrogen) atoms. The van der Waals surface area contributed by atoms with Crippen LogP contribution in [-0.2, 0) is 6.42 Å². The summed E-state index contributed by atoms with van der Waals surface area (Å²) in [6.45, 7) is 5.05. The van der Waals surface area contributed by atoms with Crippen molar-refractivity contribution in [2.45, 2.75) is 38.1 Å². The third kappa shape index (κ3) is 3.28. The summed E-state index contributed by atoms with van der Waals surface area (Å²) in [6.07, 6.45) is 3.44. The molecule has 1 aliphatic carbocycles. The number of likely N-dealkylation sites (N-methyl/N-ethyl adjacent to an activating group) is 1. The number of anilines is 2. The minimum absolute atomic E-state index is 0.449. The van der Waals surface area contributed by atoms with Crippen LogP contribution in [0.15, 0.2) is 30.3 Å². The van der Waals surface area contributed by atoms with Gasteiger partial charge >= 0.3 is 0 Å². The van der Waals surface area contributed by atoms with Gasteiger partial charge in [-0.2, -0.15) is 4.98 Å². The van der Waals surface area contributed by atoms with E-state index in [-0.39, 0.29) is 0 Å². The molecule has 1 aromatic heterocycles. The highest BCUT2D eigenvalue weighted by molar-refractivity contribution is 5.53. The van der Waals surface area contributed by atoms with Crippen molar-refractivity contribution >= 4 is 11.8 Å². The lowest BCUT2D eigenvalue weighted by Gasteiger charge is -2.47. The van der Waals surface area contributed by atoms with Crippen molar-refractivity contribution in [3.63, 3.8) is 0 Å². The number of benzene rings is 1. The van der Waals surface area contributed by atoms with Gasteiger partial charge in [0.15, 0.2) is 0 Å². The molecule has 5 nitrogen and oxygen atoms in total. The van der Waals surface area contributed by atoms with Crippen molar-refractivity contribution in [1.82, 2.24) is 14.9 Å². The average molecular weight is 351 g/mol. The Labute approximate surface area is 156 Å². The first-order valence-corrected chi connectivity index (χ1v) is 9.77. The number of rotatable bonds is 6. The molecule has 5 heteroatoms. The molecule has 1 aromatic carbocycles. The summed E-state index contributed by atoms with van der Waals surface area (Å²) >= 11 is 0. The highest BCUT2D eigenvalue weighted by Gasteiger charge is 2.38. The minimum Gasteiger partial charge on any atom is -0.353 e. The molecule has 0 spiro atoms. The number of nitrogens with zero attached hydrogens (tertiary/aromatic N) is 4. The highest BCUT2D eigenvalue weighted by atomic mass is 15.3. The maximum Gasteiger partial charge on any atom is 0.224 e. The maximum absolute atomic E-state index is 4.88. The standard InChI is InChI=1S/C21H29N5/c1-4-16-13-20(24-21(23-16)22-11-12-25(2)3)26-14-15-9-10-19(26)18-8-6-5-7-17(15)18/h5-8,13,15,19H,4,9-12,14H2,1-3H3,(H,22,23,24)/t15-,19+/m1/s1. The van der Waals surface area contributed by atoms with E-state index in [1.165, 1.54) is 18.4 Å². The fourth-order valence-electron chi connectivity index (χ4n) is 4.27. The van der Waals surface area contributed by atoms with E-state index in [0.717, 1.165) is 43.5 Å². The van der Waals surface area contributed by atoms with Gasteiger partial charge in [-0.3, -0.25) is 0 Å². The van der Waals surface area contributed by atoms with Crippen LogP contribution in [0.4, 0.5) is 11.8 Å². The van der Waals surface area contributed by atoms with Crippen LogP contribution in [0.25, 0.3) is 0 Å².